The summed E-state index contributed by atoms with van der Waals surface area (Å²) < 4.78 is 5.25. The first-order chi connectivity index (χ1) is 13.5. The van der Waals surface area contributed by atoms with Crippen LogP contribution in [0.3, 0.4) is 0 Å². The quantitative estimate of drug-likeness (QED) is 0.414. The van der Waals surface area contributed by atoms with Crippen molar-refractivity contribution in [3.63, 3.8) is 0 Å². The number of rotatable bonds is 7. The summed E-state index contributed by atoms with van der Waals surface area (Å²) in [5.74, 6) is -3.40. The maximum atomic E-state index is 12.8. The molecule has 0 bridgehead atoms. The molecule has 0 spiro atoms. The largest absolute Gasteiger partial charge is 0.545 e. The minimum atomic E-state index is -1.45. The number of ether oxygens (including phenoxy) is 1. The number of carbonyl (C=O) groups is 4. The van der Waals surface area contributed by atoms with Gasteiger partial charge in [0.25, 0.3) is 11.8 Å². The molecule has 2 amide bonds. The van der Waals surface area contributed by atoms with Gasteiger partial charge in [0.1, 0.15) is 0 Å². The number of fused-ring (bicyclic) bond motifs is 1. The summed E-state index contributed by atoms with van der Waals surface area (Å²) in [5.41, 5.74) is 0.0159. The third-order valence-corrected chi connectivity index (χ3v) is 4.47. The summed E-state index contributed by atoms with van der Waals surface area (Å²) in [4.78, 5) is 49.9. The minimum absolute atomic E-state index is 0.0437. The van der Waals surface area contributed by atoms with Gasteiger partial charge in [0.15, 0.2) is 0 Å². The normalized spacial score (nSPS) is 12.8. The first-order valence-corrected chi connectivity index (χ1v) is 8.96. The van der Waals surface area contributed by atoms with Crippen molar-refractivity contribution >= 4 is 29.4 Å². The molecule has 0 N–H and O–H groups in total. The molecular weight excluding hydrogens is 362 g/mol. The Hall–Kier alpha value is -3.48. The Morgan fingerprint density at radius 2 is 1.71 bits per heavy atom. The van der Waals surface area contributed by atoms with E-state index >= 15 is 0 Å². The summed E-state index contributed by atoms with van der Waals surface area (Å²) in [5, 5.41) is 11.0. The summed E-state index contributed by atoms with van der Waals surface area (Å²) in [6.07, 6.45) is 2.63. The Morgan fingerprint density at radius 3 is 2.43 bits per heavy atom. The molecule has 0 unspecified atom stereocenters. The molecule has 2 aromatic rings. The van der Waals surface area contributed by atoms with Crippen LogP contribution in [0.25, 0.3) is 0 Å². The molecule has 1 aliphatic heterocycles. The van der Waals surface area contributed by atoms with Crippen LogP contribution in [0.15, 0.2) is 42.5 Å². The fourth-order valence-corrected chi connectivity index (χ4v) is 3.02. The zero-order chi connectivity index (χ0) is 20.3. The maximum Gasteiger partial charge on any atom is 0.340 e. The third-order valence-electron chi connectivity index (χ3n) is 4.47. The third kappa shape index (κ3) is 3.51. The number of carboxylic acid groups (broad SMARTS) is 1. The highest BCUT2D eigenvalue weighted by Crippen LogP contribution is 2.31. The molecule has 7 heteroatoms. The molecule has 7 nitrogen and oxygen atoms in total. The molecule has 0 saturated heterocycles. The fourth-order valence-electron chi connectivity index (χ4n) is 3.02. The molecular formula is C21H18NO6-. The number of benzene rings is 2. The molecule has 0 aliphatic carbocycles. The maximum absolute atomic E-state index is 12.8. The van der Waals surface area contributed by atoms with Crippen LogP contribution in [0.5, 0.6) is 0 Å². The van der Waals surface area contributed by atoms with Crippen molar-refractivity contribution in [1.29, 1.82) is 0 Å². The van der Waals surface area contributed by atoms with Gasteiger partial charge in [-0.25, -0.2) is 9.69 Å². The number of aromatic carboxylic acids is 1. The van der Waals surface area contributed by atoms with Gasteiger partial charge in [0.05, 0.1) is 35.0 Å². The monoisotopic (exact) mass is 380 g/mol. The van der Waals surface area contributed by atoms with E-state index in [1.165, 1.54) is 24.3 Å². The number of hydrogen-bond donors (Lipinski definition) is 0. The van der Waals surface area contributed by atoms with E-state index in [0.717, 1.165) is 30.2 Å². The number of amides is 2. The van der Waals surface area contributed by atoms with Gasteiger partial charge in [-0.15, -0.1) is 0 Å². The van der Waals surface area contributed by atoms with Crippen LogP contribution in [0.4, 0.5) is 5.69 Å². The van der Waals surface area contributed by atoms with Crippen molar-refractivity contribution < 1.29 is 29.0 Å². The average Bonchev–Trinajstić information content (AvgIpc) is 2.95. The van der Waals surface area contributed by atoms with E-state index in [4.69, 9.17) is 4.74 Å². The van der Waals surface area contributed by atoms with Crippen LogP contribution < -0.4 is 10.0 Å². The number of anilines is 1. The Labute approximate surface area is 161 Å². The molecule has 1 aliphatic rings. The summed E-state index contributed by atoms with van der Waals surface area (Å²) >= 11 is 0. The summed E-state index contributed by atoms with van der Waals surface area (Å²) in [7, 11) is 0. The molecule has 0 aromatic heterocycles. The molecule has 28 heavy (non-hydrogen) atoms. The predicted molar refractivity (Wildman–Crippen MR) is 98.2 cm³/mol. The lowest BCUT2D eigenvalue weighted by atomic mass is 10.1. The topological polar surface area (TPSA) is 104 Å². The van der Waals surface area contributed by atoms with Crippen LogP contribution in [0.1, 0.15) is 67.6 Å². The van der Waals surface area contributed by atoms with E-state index in [1.807, 2.05) is 6.92 Å². The summed E-state index contributed by atoms with van der Waals surface area (Å²) in [6, 6.07) is 9.75. The van der Waals surface area contributed by atoms with E-state index in [2.05, 4.69) is 0 Å². The zero-order valence-electron chi connectivity index (χ0n) is 15.3. The number of imide groups is 1. The van der Waals surface area contributed by atoms with Gasteiger partial charge in [-0.3, -0.25) is 9.59 Å². The lowest BCUT2D eigenvalue weighted by Gasteiger charge is -2.17. The van der Waals surface area contributed by atoms with Crippen LogP contribution in [-0.2, 0) is 4.74 Å². The Bertz CT molecular complexity index is 965. The molecule has 1 heterocycles. The Balaban J connectivity index is 1.92. The number of carbonyl (C=O) groups excluding carboxylic acids is 4. The highest BCUT2D eigenvalue weighted by Gasteiger charge is 2.38. The second-order valence-corrected chi connectivity index (χ2v) is 6.35. The van der Waals surface area contributed by atoms with E-state index in [0.29, 0.717) is 0 Å². The van der Waals surface area contributed by atoms with E-state index in [9.17, 15) is 24.3 Å². The van der Waals surface area contributed by atoms with Crippen LogP contribution in [0.2, 0.25) is 0 Å². The van der Waals surface area contributed by atoms with Crippen molar-refractivity contribution in [1.82, 2.24) is 0 Å². The first kappa shape index (κ1) is 19.3. The number of nitrogens with zero attached hydrogens (tertiary/aromatic N) is 1. The van der Waals surface area contributed by atoms with Crippen molar-refractivity contribution in [2.45, 2.75) is 26.2 Å². The van der Waals surface area contributed by atoms with Gasteiger partial charge in [-0.1, -0.05) is 38.0 Å². The van der Waals surface area contributed by atoms with Gasteiger partial charge >= 0.3 is 5.97 Å². The highest BCUT2D eigenvalue weighted by molar-refractivity contribution is 6.35. The SMILES string of the molecule is CCCCCOC(=O)c1ccccc1N1C(=O)c2ccc(C(=O)[O-])cc2C1=O. The van der Waals surface area contributed by atoms with E-state index in [1.54, 1.807) is 12.1 Å². The Morgan fingerprint density at radius 1 is 1.00 bits per heavy atom. The lowest BCUT2D eigenvalue weighted by Crippen LogP contribution is -2.31. The molecule has 144 valence electrons. The zero-order valence-corrected chi connectivity index (χ0v) is 15.3. The van der Waals surface area contributed by atoms with Crippen LogP contribution in [-0.4, -0.2) is 30.4 Å². The van der Waals surface area contributed by atoms with Crippen molar-refractivity contribution in [3.05, 3.63) is 64.7 Å². The Kier molecular flexibility index (Phi) is 5.54. The van der Waals surface area contributed by atoms with Gasteiger partial charge in [0.2, 0.25) is 0 Å². The molecule has 3 rings (SSSR count). The van der Waals surface area contributed by atoms with Gasteiger partial charge < -0.3 is 14.6 Å². The fraction of sp³-hybridized carbons (Fsp3) is 0.238. The minimum Gasteiger partial charge on any atom is -0.545 e. The van der Waals surface area contributed by atoms with Crippen LogP contribution in [0, 0.1) is 0 Å². The first-order valence-electron chi connectivity index (χ1n) is 8.96. The summed E-state index contributed by atoms with van der Waals surface area (Å²) in [6.45, 7) is 2.28. The second-order valence-electron chi connectivity index (χ2n) is 6.35. The number of esters is 1. The van der Waals surface area contributed by atoms with Gasteiger partial charge in [-0.2, -0.15) is 0 Å². The van der Waals surface area contributed by atoms with Crippen LogP contribution >= 0.6 is 0 Å². The van der Waals surface area contributed by atoms with Crippen molar-refractivity contribution in [2.24, 2.45) is 0 Å². The van der Waals surface area contributed by atoms with Crippen molar-refractivity contribution in [3.8, 4) is 0 Å². The number of carboxylic acids is 1. The second kappa shape index (κ2) is 8.04. The van der Waals surface area contributed by atoms with Crippen molar-refractivity contribution in [2.75, 3.05) is 11.5 Å². The standard InChI is InChI=1S/C21H19NO6/c1-2-3-6-11-28-21(27)15-7-4-5-8-17(15)22-18(23)14-10-9-13(20(25)26)12-16(14)19(22)24/h4-5,7-10,12H,2-3,6,11H2,1H3,(H,25,26)/p-1. The van der Waals surface area contributed by atoms with Gasteiger partial charge in [-0.05, 0) is 36.2 Å². The predicted octanol–water partition coefficient (Wildman–Crippen LogP) is 2.20. The smallest absolute Gasteiger partial charge is 0.340 e. The van der Waals surface area contributed by atoms with Gasteiger partial charge in [0, 0.05) is 0 Å². The molecule has 0 radical (unpaired) electrons. The highest BCUT2D eigenvalue weighted by atomic mass is 16.5. The number of para-hydroxylation sites is 1. The molecule has 2 aromatic carbocycles. The number of hydrogen-bond acceptors (Lipinski definition) is 6. The molecule has 0 saturated carbocycles. The van der Waals surface area contributed by atoms with E-state index < -0.39 is 23.8 Å². The number of unbranched alkanes of at least 4 members (excludes halogenated alkanes) is 2. The average molecular weight is 380 g/mol. The lowest BCUT2D eigenvalue weighted by molar-refractivity contribution is -0.255. The van der Waals surface area contributed by atoms with E-state index in [-0.39, 0.29) is 34.5 Å². The molecule has 0 fully saturated rings. The molecule has 0 atom stereocenters.